The maximum absolute atomic E-state index is 12.8. The topological polar surface area (TPSA) is 157 Å². The van der Waals surface area contributed by atoms with Crippen LogP contribution in [0, 0.1) is 23.7 Å². The van der Waals surface area contributed by atoms with Crippen molar-refractivity contribution < 1.29 is 34.0 Å². The van der Waals surface area contributed by atoms with Crippen molar-refractivity contribution in [3.8, 4) is 51.7 Å². The van der Waals surface area contributed by atoms with E-state index in [4.69, 9.17) is 29.7 Å². The maximum atomic E-state index is 12.8. The van der Waals surface area contributed by atoms with E-state index in [1.807, 2.05) is 40.8 Å². The second kappa shape index (κ2) is 17.6. The molecule has 11 nitrogen and oxygen atoms in total. The molecule has 0 amide bonds. The number of phenolic OH excluding ortho intramolecular Hbond substituents is 2. The molecule has 8 atom stereocenters. The molecule has 4 aromatic rings. The van der Waals surface area contributed by atoms with Gasteiger partial charge in [-0.2, -0.15) is 0 Å². The number of nitrogens with zero attached hydrogens (tertiary/aromatic N) is 1. The Hall–Kier alpha value is -5.00. The van der Waals surface area contributed by atoms with Crippen LogP contribution in [0.3, 0.4) is 0 Å². The molecule has 8 unspecified atom stereocenters. The fourth-order valence-corrected chi connectivity index (χ4v) is 15.3. The van der Waals surface area contributed by atoms with Gasteiger partial charge in [0.2, 0.25) is 0 Å². The third-order valence-corrected chi connectivity index (χ3v) is 18.0. The lowest BCUT2D eigenvalue weighted by Gasteiger charge is -2.39. The minimum atomic E-state index is -0.654. The second-order valence-electron chi connectivity index (χ2n) is 19.5. The van der Waals surface area contributed by atoms with Gasteiger partial charge < -0.3 is 45.5 Å². The van der Waals surface area contributed by atoms with E-state index in [-0.39, 0.29) is 48.1 Å². The van der Waals surface area contributed by atoms with Crippen molar-refractivity contribution >= 4 is 39.5 Å². The summed E-state index contributed by atoms with van der Waals surface area (Å²) in [5, 5.41) is 31.0. The Morgan fingerprint density at radius 3 is 2.80 bits per heavy atom. The fraction of sp³-hybridized carbons (Fsp3) is 0.472. The monoisotopic (exact) mass is 926 g/mol. The maximum Gasteiger partial charge on any atom is 0.302 e. The summed E-state index contributed by atoms with van der Waals surface area (Å²) in [6.45, 7) is 1.88. The van der Waals surface area contributed by atoms with Crippen molar-refractivity contribution in [1.82, 2.24) is 15.6 Å². The number of aromatic nitrogens is 1. The Kier molecular flexibility index (Phi) is 11.6. The van der Waals surface area contributed by atoms with Gasteiger partial charge in [0.15, 0.2) is 11.5 Å². The number of nitrogens with one attached hydrogen (secondary N) is 2. The molecule has 66 heavy (non-hydrogen) atoms. The zero-order valence-corrected chi connectivity index (χ0v) is 39.5. The molecule has 1 saturated heterocycles. The van der Waals surface area contributed by atoms with Crippen LogP contribution in [0.2, 0.25) is 0 Å². The van der Waals surface area contributed by atoms with Gasteiger partial charge in [-0.15, -0.1) is 0 Å². The Bertz CT molecular complexity index is 2710. The van der Waals surface area contributed by atoms with Crippen LogP contribution >= 0.6 is 21.6 Å². The standard InChI is InChI=1S/C53H58N4O7S2/c1-28(58)62-25-40-36-11-12-37-46-32(20-34(59)21-43(46)61-3)23-53-17-16-29(22-53)18-31-10-15-45(54)57-41(31)9-5-8-35-39(24-55-2)49(60)52-38(47(35)50(40)64-51(36)48(37)53)13-14-42-44(63-52)27-66-65-26-30-6-4-7-33(19-30)56-42/h10-15,20-21,29-30,33,40,42,44,50,55-56,59-60H,4,6-8,16-19,22-27H2,1-3H3,(H2,54,57). The minimum Gasteiger partial charge on any atom is -0.508 e. The van der Waals surface area contributed by atoms with Gasteiger partial charge >= 0.3 is 5.97 Å². The summed E-state index contributed by atoms with van der Waals surface area (Å²) >= 11 is 0. The van der Waals surface area contributed by atoms with E-state index in [0.717, 1.165) is 106 Å². The highest BCUT2D eigenvalue weighted by atomic mass is 33.1. The number of benzene rings is 3. The molecule has 3 fully saturated rings. The van der Waals surface area contributed by atoms with E-state index >= 15 is 0 Å². The van der Waals surface area contributed by atoms with Crippen molar-refractivity contribution in [2.45, 2.75) is 113 Å². The molecule has 13 heteroatoms. The van der Waals surface area contributed by atoms with Gasteiger partial charge in [-0.3, -0.25) is 4.79 Å². The summed E-state index contributed by atoms with van der Waals surface area (Å²) in [4.78, 5) is 17.6. The number of nitrogen functional groups attached to an aromatic ring is 1. The molecule has 3 aromatic carbocycles. The van der Waals surface area contributed by atoms with Gasteiger partial charge in [-0.1, -0.05) is 64.3 Å². The molecule has 4 aliphatic heterocycles. The van der Waals surface area contributed by atoms with E-state index < -0.39 is 12.0 Å². The van der Waals surface area contributed by atoms with Crippen molar-refractivity contribution in [3.05, 3.63) is 92.7 Å². The number of carbonyl (C=O) groups excluding carboxylic acids is 1. The molecule has 6 bridgehead atoms. The van der Waals surface area contributed by atoms with Gasteiger partial charge in [0.25, 0.3) is 0 Å². The highest BCUT2D eigenvalue weighted by molar-refractivity contribution is 8.76. The number of phenols is 2. The average Bonchev–Trinajstić information content (AvgIpc) is 3.81. The molecule has 344 valence electrons. The van der Waals surface area contributed by atoms with Crippen LogP contribution in [0.15, 0.2) is 42.5 Å². The molecule has 7 aliphatic rings. The summed E-state index contributed by atoms with van der Waals surface area (Å²) in [7, 11) is 7.32. The number of ether oxygens (including phenoxy) is 4. The molecule has 3 aliphatic carbocycles. The van der Waals surface area contributed by atoms with Crippen LogP contribution < -0.4 is 30.6 Å². The van der Waals surface area contributed by atoms with Gasteiger partial charge in [0.1, 0.15) is 47.6 Å². The predicted molar refractivity (Wildman–Crippen MR) is 260 cm³/mol. The molecular weight excluding hydrogens is 869 g/mol. The fourth-order valence-electron chi connectivity index (χ4n) is 12.6. The SMILES string of the molecule is CNCc1c(O)c2c(c3c1CC#Cc1nc(N)ccc1CC1CCC4(Cc5cc(O)cc(OC)c5-c5ccc6c(c54)OC3C6COC(C)=O)C1)C=CC1NC3CCCC(CSSCC1O2)C3. The molecule has 2 saturated carbocycles. The number of anilines is 1. The van der Waals surface area contributed by atoms with Crippen LogP contribution in [0.25, 0.3) is 17.2 Å². The lowest BCUT2D eigenvalue weighted by molar-refractivity contribution is -0.141. The van der Waals surface area contributed by atoms with Crippen LogP contribution in [0.1, 0.15) is 114 Å². The number of pyridine rings is 1. The van der Waals surface area contributed by atoms with Gasteiger partial charge in [0.05, 0.1) is 19.1 Å². The van der Waals surface area contributed by atoms with Crippen LogP contribution in [0.4, 0.5) is 5.82 Å². The van der Waals surface area contributed by atoms with E-state index in [0.29, 0.717) is 59.4 Å². The summed E-state index contributed by atoms with van der Waals surface area (Å²) < 4.78 is 26.9. The number of methoxy groups -OCH3 is 1. The molecule has 11 rings (SSSR count). The number of aromatic hydroxyl groups is 2. The van der Waals surface area contributed by atoms with Crippen molar-refractivity contribution in [2.24, 2.45) is 11.8 Å². The second-order valence-corrected chi connectivity index (χ2v) is 22.1. The minimum absolute atomic E-state index is 0.0853. The highest BCUT2D eigenvalue weighted by Crippen LogP contribution is 2.63. The molecule has 1 aromatic heterocycles. The smallest absolute Gasteiger partial charge is 0.302 e. The van der Waals surface area contributed by atoms with Crippen LogP contribution in [0.5, 0.6) is 28.7 Å². The number of esters is 1. The number of fused-ring (bicyclic) bond motifs is 12. The summed E-state index contributed by atoms with van der Waals surface area (Å²) in [5.41, 5.74) is 16.0. The van der Waals surface area contributed by atoms with Gasteiger partial charge in [-0.25, -0.2) is 4.98 Å². The van der Waals surface area contributed by atoms with Crippen molar-refractivity contribution in [2.75, 3.05) is 38.0 Å². The molecule has 1 spiro atoms. The Labute approximate surface area is 394 Å². The summed E-state index contributed by atoms with van der Waals surface area (Å²) in [6, 6.07) is 12.2. The predicted octanol–water partition coefficient (Wildman–Crippen LogP) is 8.68. The average molecular weight is 927 g/mol. The third kappa shape index (κ3) is 7.66. The van der Waals surface area contributed by atoms with Crippen LogP contribution in [-0.2, 0) is 40.8 Å². The number of hydrogen-bond acceptors (Lipinski definition) is 13. The van der Waals surface area contributed by atoms with E-state index in [1.54, 1.807) is 13.2 Å². The first kappa shape index (κ1) is 43.6. The lowest BCUT2D eigenvalue weighted by Crippen LogP contribution is -2.49. The third-order valence-electron chi connectivity index (χ3n) is 15.4. The van der Waals surface area contributed by atoms with Gasteiger partial charge in [-0.05, 0) is 111 Å². The number of rotatable bonds is 5. The first-order chi connectivity index (χ1) is 32.1. The van der Waals surface area contributed by atoms with E-state index in [9.17, 15) is 15.0 Å². The Balaban J connectivity index is 1.17. The zero-order chi connectivity index (χ0) is 45.3. The first-order valence-electron chi connectivity index (χ1n) is 23.6. The Morgan fingerprint density at radius 2 is 1.95 bits per heavy atom. The first-order valence-corrected chi connectivity index (χ1v) is 26.1. The molecule has 5 heterocycles. The number of hydrogen-bond donors (Lipinski definition) is 5. The quantitative estimate of drug-likeness (QED) is 0.0737. The summed E-state index contributed by atoms with van der Waals surface area (Å²) in [6.07, 6.45) is 12.7. The van der Waals surface area contributed by atoms with E-state index in [2.05, 4.69) is 52.8 Å². The van der Waals surface area contributed by atoms with Crippen molar-refractivity contribution in [1.29, 1.82) is 0 Å². The molecule has 0 radical (unpaired) electrons. The zero-order valence-electron chi connectivity index (χ0n) is 37.8. The normalized spacial score (nSPS) is 27.8. The lowest BCUT2D eigenvalue weighted by atomic mass is 9.65. The van der Waals surface area contributed by atoms with Gasteiger partial charge in [0, 0.05) is 82.3 Å². The van der Waals surface area contributed by atoms with E-state index in [1.165, 1.54) is 19.8 Å². The van der Waals surface area contributed by atoms with Crippen molar-refractivity contribution in [3.63, 3.8) is 0 Å². The Morgan fingerprint density at radius 1 is 1.08 bits per heavy atom. The number of nitrogens with two attached hydrogens (primary N) is 1. The largest absolute Gasteiger partial charge is 0.508 e. The number of carbonyl (C=O) groups is 1. The molecular formula is C53H58N4O7S2. The van der Waals surface area contributed by atoms with Crippen LogP contribution in [-0.4, -0.2) is 71.6 Å². The molecule has 6 N–H and O–H groups in total. The highest BCUT2D eigenvalue weighted by Gasteiger charge is 2.51. The summed E-state index contributed by atoms with van der Waals surface area (Å²) in [5.74, 6) is 11.6.